The zero-order valence-electron chi connectivity index (χ0n) is 9.45. The molecule has 1 aromatic rings. The lowest BCUT2D eigenvalue weighted by molar-refractivity contribution is 0.145. The molecule has 16 heavy (non-hydrogen) atoms. The first-order chi connectivity index (χ1) is 7.83. The Balaban J connectivity index is 1.99. The van der Waals surface area contributed by atoms with Crippen LogP contribution in [0, 0.1) is 0 Å². The third kappa shape index (κ3) is 5.67. The molecule has 90 valence electrons. The first-order valence-corrected chi connectivity index (χ1v) is 5.81. The second kappa shape index (κ2) is 8.06. The number of rotatable bonds is 7. The lowest BCUT2D eigenvalue weighted by Gasteiger charge is -2.09. The van der Waals surface area contributed by atoms with Gasteiger partial charge in [-0.05, 0) is 25.6 Å². The van der Waals surface area contributed by atoms with E-state index in [9.17, 15) is 0 Å². The molecule has 6 heteroatoms. The van der Waals surface area contributed by atoms with Gasteiger partial charge in [-0.3, -0.25) is 0 Å². The molecule has 0 saturated carbocycles. The molecule has 0 bridgehead atoms. The summed E-state index contributed by atoms with van der Waals surface area (Å²) in [5, 5.41) is 6.81. The van der Waals surface area contributed by atoms with Gasteiger partial charge in [0.25, 0.3) is 0 Å². The van der Waals surface area contributed by atoms with Crippen LogP contribution in [-0.2, 0) is 11.3 Å². The van der Waals surface area contributed by atoms with Crippen molar-refractivity contribution in [1.29, 1.82) is 0 Å². The van der Waals surface area contributed by atoms with Crippen molar-refractivity contribution in [3.8, 4) is 0 Å². The van der Waals surface area contributed by atoms with Crippen LogP contribution in [0.1, 0.15) is 19.2 Å². The van der Waals surface area contributed by atoms with Gasteiger partial charge in [0, 0.05) is 32.2 Å². The van der Waals surface area contributed by atoms with E-state index in [1.54, 1.807) is 12.4 Å². The predicted octanol–water partition coefficient (Wildman–Crippen LogP) is 0.800. The number of thiocarbonyl (C=S) groups is 1. The van der Waals surface area contributed by atoms with E-state index in [1.807, 2.05) is 6.92 Å². The average molecular weight is 242 g/mol. The maximum atomic E-state index is 5.22. The van der Waals surface area contributed by atoms with Crippen LogP contribution in [0.15, 0.2) is 12.4 Å². The van der Waals surface area contributed by atoms with Gasteiger partial charge in [0.2, 0.25) is 0 Å². The molecule has 0 atom stereocenters. The van der Waals surface area contributed by atoms with E-state index >= 15 is 0 Å². The minimum atomic E-state index is 0.615. The van der Waals surface area contributed by atoms with Gasteiger partial charge in [0.15, 0.2) is 5.11 Å². The highest BCUT2D eigenvalue weighted by Crippen LogP contribution is 1.86. The number of nitrogens with zero attached hydrogens (tertiary/aromatic N) is 1. The molecule has 1 heterocycles. The number of aromatic nitrogens is 2. The zero-order chi connectivity index (χ0) is 11.6. The maximum absolute atomic E-state index is 5.22. The molecule has 0 unspecified atom stereocenters. The minimum absolute atomic E-state index is 0.615. The lowest BCUT2D eigenvalue weighted by Crippen LogP contribution is -2.35. The van der Waals surface area contributed by atoms with Crippen LogP contribution in [0.3, 0.4) is 0 Å². The Bertz CT molecular complexity index is 289. The first-order valence-electron chi connectivity index (χ1n) is 5.40. The second-order valence-corrected chi connectivity index (χ2v) is 3.60. The highest BCUT2D eigenvalue weighted by Gasteiger charge is 1.97. The number of H-pyrrole nitrogens is 1. The summed E-state index contributed by atoms with van der Waals surface area (Å²) in [7, 11) is 0. The minimum Gasteiger partial charge on any atom is -0.382 e. The summed E-state index contributed by atoms with van der Waals surface area (Å²) in [4.78, 5) is 7.08. The van der Waals surface area contributed by atoms with Crippen molar-refractivity contribution in [2.75, 3.05) is 19.8 Å². The summed E-state index contributed by atoms with van der Waals surface area (Å²) in [6.45, 7) is 4.96. The van der Waals surface area contributed by atoms with E-state index in [2.05, 4.69) is 20.6 Å². The SMILES string of the molecule is CCOCCCNC(=S)NCc1ncc[nH]1. The van der Waals surface area contributed by atoms with Crippen molar-refractivity contribution in [1.82, 2.24) is 20.6 Å². The Morgan fingerprint density at radius 3 is 3.12 bits per heavy atom. The summed E-state index contributed by atoms with van der Waals surface area (Å²) < 4.78 is 5.22. The number of hydrogen-bond acceptors (Lipinski definition) is 3. The maximum Gasteiger partial charge on any atom is 0.166 e. The molecule has 0 aliphatic heterocycles. The van der Waals surface area contributed by atoms with Crippen molar-refractivity contribution in [2.24, 2.45) is 0 Å². The number of hydrogen-bond donors (Lipinski definition) is 3. The molecule has 0 radical (unpaired) electrons. The fourth-order valence-electron chi connectivity index (χ4n) is 1.14. The van der Waals surface area contributed by atoms with Crippen molar-refractivity contribution in [3.05, 3.63) is 18.2 Å². The monoisotopic (exact) mass is 242 g/mol. The van der Waals surface area contributed by atoms with E-state index in [4.69, 9.17) is 17.0 Å². The number of imidazole rings is 1. The first kappa shape index (κ1) is 12.9. The molecular formula is C10H18N4OS. The molecule has 0 spiro atoms. The highest BCUT2D eigenvalue weighted by atomic mass is 32.1. The van der Waals surface area contributed by atoms with Crippen molar-refractivity contribution >= 4 is 17.3 Å². The Morgan fingerprint density at radius 2 is 2.44 bits per heavy atom. The standard InChI is InChI=1S/C10H18N4OS/c1-2-15-7-3-4-13-10(16)14-8-9-11-5-6-12-9/h5-6H,2-4,7-8H2,1H3,(H,11,12)(H2,13,14,16). The number of aromatic amines is 1. The Labute approximate surface area is 101 Å². The summed E-state index contributed by atoms with van der Waals surface area (Å²) >= 11 is 5.10. The van der Waals surface area contributed by atoms with Gasteiger partial charge in [-0.1, -0.05) is 0 Å². The quantitative estimate of drug-likeness (QED) is 0.488. The fourth-order valence-corrected chi connectivity index (χ4v) is 1.32. The molecule has 0 saturated heterocycles. The van der Waals surface area contributed by atoms with Crippen LogP contribution in [0.4, 0.5) is 0 Å². The van der Waals surface area contributed by atoms with Crippen LogP contribution in [0.2, 0.25) is 0 Å². The molecule has 0 aliphatic carbocycles. The van der Waals surface area contributed by atoms with Crippen molar-refractivity contribution in [2.45, 2.75) is 19.9 Å². The van der Waals surface area contributed by atoms with Crippen LogP contribution >= 0.6 is 12.2 Å². The summed E-state index contributed by atoms with van der Waals surface area (Å²) in [5.74, 6) is 0.874. The van der Waals surface area contributed by atoms with Crippen molar-refractivity contribution in [3.63, 3.8) is 0 Å². The fraction of sp³-hybridized carbons (Fsp3) is 0.600. The predicted molar refractivity (Wildman–Crippen MR) is 67.1 cm³/mol. The van der Waals surface area contributed by atoms with E-state index in [-0.39, 0.29) is 0 Å². The topological polar surface area (TPSA) is 62.0 Å². The Kier molecular flexibility index (Phi) is 6.52. The van der Waals surface area contributed by atoms with Gasteiger partial charge in [-0.25, -0.2) is 4.98 Å². The van der Waals surface area contributed by atoms with Gasteiger partial charge in [0.05, 0.1) is 6.54 Å². The van der Waals surface area contributed by atoms with Crippen LogP contribution in [0.5, 0.6) is 0 Å². The molecule has 0 aromatic carbocycles. The third-order valence-electron chi connectivity index (χ3n) is 1.93. The van der Waals surface area contributed by atoms with Gasteiger partial charge in [-0.15, -0.1) is 0 Å². The molecule has 1 aromatic heterocycles. The second-order valence-electron chi connectivity index (χ2n) is 3.20. The molecule has 0 aliphatic rings. The van der Waals surface area contributed by atoms with E-state index in [0.717, 1.165) is 32.0 Å². The largest absolute Gasteiger partial charge is 0.382 e. The Hall–Kier alpha value is -1.14. The Morgan fingerprint density at radius 1 is 1.56 bits per heavy atom. The van der Waals surface area contributed by atoms with Crippen LogP contribution in [-0.4, -0.2) is 34.8 Å². The zero-order valence-corrected chi connectivity index (χ0v) is 10.3. The lowest BCUT2D eigenvalue weighted by atomic mass is 10.4. The highest BCUT2D eigenvalue weighted by molar-refractivity contribution is 7.80. The van der Waals surface area contributed by atoms with Crippen LogP contribution in [0.25, 0.3) is 0 Å². The molecule has 1 rings (SSSR count). The number of nitrogens with one attached hydrogen (secondary N) is 3. The van der Waals surface area contributed by atoms with Crippen LogP contribution < -0.4 is 10.6 Å². The average Bonchev–Trinajstić information content (AvgIpc) is 2.79. The molecule has 0 fully saturated rings. The van der Waals surface area contributed by atoms with Gasteiger partial charge in [-0.2, -0.15) is 0 Å². The van der Waals surface area contributed by atoms with E-state index in [0.29, 0.717) is 11.7 Å². The summed E-state index contributed by atoms with van der Waals surface area (Å²) in [5.41, 5.74) is 0. The molecule has 0 amide bonds. The molecule has 3 N–H and O–H groups in total. The smallest absolute Gasteiger partial charge is 0.166 e. The number of ether oxygens (including phenoxy) is 1. The van der Waals surface area contributed by atoms with E-state index in [1.165, 1.54) is 0 Å². The van der Waals surface area contributed by atoms with E-state index < -0.39 is 0 Å². The van der Waals surface area contributed by atoms with Gasteiger partial charge >= 0.3 is 0 Å². The molecule has 5 nitrogen and oxygen atoms in total. The summed E-state index contributed by atoms with van der Waals surface area (Å²) in [6, 6.07) is 0. The third-order valence-corrected chi connectivity index (χ3v) is 2.22. The van der Waals surface area contributed by atoms with Crippen molar-refractivity contribution < 1.29 is 4.74 Å². The summed E-state index contributed by atoms with van der Waals surface area (Å²) in [6.07, 6.45) is 4.46. The van der Waals surface area contributed by atoms with Gasteiger partial charge < -0.3 is 20.4 Å². The molecular weight excluding hydrogens is 224 g/mol. The van der Waals surface area contributed by atoms with Gasteiger partial charge in [0.1, 0.15) is 5.82 Å². The normalized spacial score (nSPS) is 10.1.